The highest BCUT2D eigenvalue weighted by Gasteiger charge is 2.15. The molecule has 2 aromatic rings. The Bertz CT molecular complexity index is 600. The summed E-state index contributed by atoms with van der Waals surface area (Å²) in [6.45, 7) is 2.53. The van der Waals surface area contributed by atoms with Gasteiger partial charge in [0.2, 0.25) is 0 Å². The van der Waals surface area contributed by atoms with E-state index in [1.54, 1.807) is 12.1 Å². The Kier molecular flexibility index (Phi) is 5.11. The van der Waals surface area contributed by atoms with Crippen LogP contribution in [0.5, 0.6) is 0 Å². The maximum atomic E-state index is 11.0. The Balaban J connectivity index is 2.09. The van der Waals surface area contributed by atoms with E-state index in [1.807, 2.05) is 25.1 Å². The van der Waals surface area contributed by atoms with Gasteiger partial charge in [0.25, 0.3) is 0 Å². The van der Waals surface area contributed by atoms with Crippen LogP contribution in [0.25, 0.3) is 0 Å². The van der Waals surface area contributed by atoms with Crippen LogP contribution in [0.2, 0.25) is 5.02 Å². The molecule has 0 saturated carbocycles. The van der Waals surface area contributed by atoms with Crippen LogP contribution < -0.4 is 5.32 Å². The molecule has 4 nitrogen and oxygen atoms in total. The van der Waals surface area contributed by atoms with Gasteiger partial charge in [0.05, 0.1) is 12.1 Å². The molecule has 2 rings (SSSR count). The molecular weight excluding hydrogens is 296 g/mol. The number of nitrogens with zero attached hydrogens (tertiary/aromatic N) is 1. The minimum absolute atomic E-state index is 0.0120. The van der Waals surface area contributed by atoms with Crippen molar-refractivity contribution in [2.24, 2.45) is 0 Å². The second-order valence-corrected chi connectivity index (χ2v) is 5.85. The molecule has 0 radical (unpaired) electrons. The third-order valence-corrected chi connectivity index (χ3v) is 3.94. The lowest BCUT2D eigenvalue weighted by atomic mass is 10.0. The average Bonchev–Trinajstić information content (AvgIpc) is 2.80. The maximum absolute atomic E-state index is 11.0. The van der Waals surface area contributed by atoms with Crippen molar-refractivity contribution in [1.29, 1.82) is 0 Å². The Morgan fingerprint density at radius 3 is 2.90 bits per heavy atom. The van der Waals surface area contributed by atoms with Crippen molar-refractivity contribution in [2.75, 3.05) is 0 Å². The fourth-order valence-corrected chi connectivity index (χ4v) is 2.81. The first-order valence-electron chi connectivity index (χ1n) is 6.17. The second-order valence-electron chi connectivity index (χ2n) is 4.52. The number of aliphatic carboxylic acids is 1. The third kappa shape index (κ3) is 4.30. The molecule has 1 aromatic carbocycles. The van der Waals surface area contributed by atoms with Gasteiger partial charge in [0, 0.05) is 22.5 Å². The molecule has 0 aliphatic carbocycles. The van der Waals surface area contributed by atoms with Crippen molar-refractivity contribution in [3.63, 3.8) is 0 Å². The van der Waals surface area contributed by atoms with Crippen LogP contribution in [0.15, 0.2) is 30.3 Å². The standard InChI is InChI=1S/C14H15ClN2O2S/c1-9-5-12(20-17-9)8-16-13(7-14(18)19)10-3-2-4-11(15)6-10/h2-6,13,16H,7-8H2,1H3,(H,18,19)/t13-/m1/s1. The fourth-order valence-electron chi connectivity index (χ4n) is 1.93. The van der Waals surface area contributed by atoms with E-state index in [0.717, 1.165) is 16.1 Å². The minimum atomic E-state index is -0.844. The lowest BCUT2D eigenvalue weighted by Gasteiger charge is -2.17. The van der Waals surface area contributed by atoms with Crippen LogP contribution in [0, 0.1) is 6.92 Å². The smallest absolute Gasteiger partial charge is 0.305 e. The van der Waals surface area contributed by atoms with Gasteiger partial charge in [-0.3, -0.25) is 4.79 Å². The zero-order valence-electron chi connectivity index (χ0n) is 11.0. The van der Waals surface area contributed by atoms with E-state index in [0.29, 0.717) is 11.6 Å². The third-order valence-electron chi connectivity index (χ3n) is 2.83. The summed E-state index contributed by atoms with van der Waals surface area (Å²) < 4.78 is 4.21. The second kappa shape index (κ2) is 6.83. The molecule has 2 N–H and O–H groups in total. The van der Waals surface area contributed by atoms with Gasteiger partial charge in [-0.25, -0.2) is 0 Å². The molecular formula is C14H15ClN2O2S. The van der Waals surface area contributed by atoms with Gasteiger partial charge < -0.3 is 10.4 Å². The predicted molar refractivity (Wildman–Crippen MR) is 80.1 cm³/mol. The number of halogens is 1. The number of hydrogen-bond acceptors (Lipinski definition) is 4. The molecule has 0 amide bonds. The van der Waals surface area contributed by atoms with Crippen LogP contribution in [-0.2, 0) is 11.3 Å². The molecule has 0 bridgehead atoms. The van der Waals surface area contributed by atoms with Gasteiger partial charge in [-0.2, -0.15) is 4.37 Å². The van der Waals surface area contributed by atoms with Crippen molar-refractivity contribution in [1.82, 2.24) is 9.69 Å². The normalized spacial score (nSPS) is 12.3. The lowest BCUT2D eigenvalue weighted by Crippen LogP contribution is -2.23. The molecule has 0 aliphatic rings. The molecule has 6 heteroatoms. The molecule has 0 aliphatic heterocycles. The van der Waals surface area contributed by atoms with Crippen LogP contribution >= 0.6 is 23.1 Å². The summed E-state index contributed by atoms with van der Waals surface area (Å²) in [4.78, 5) is 12.1. The lowest BCUT2D eigenvalue weighted by molar-refractivity contribution is -0.137. The number of benzene rings is 1. The molecule has 0 saturated heterocycles. The van der Waals surface area contributed by atoms with Gasteiger partial charge >= 0.3 is 5.97 Å². The SMILES string of the molecule is Cc1cc(CN[C@H](CC(=O)O)c2cccc(Cl)c2)sn1. The number of carbonyl (C=O) groups is 1. The first kappa shape index (κ1) is 15.0. The van der Waals surface area contributed by atoms with Gasteiger partial charge in [0.15, 0.2) is 0 Å². The van der Waals surface area contributed by atoms with Crippen LogP contribution in [0.3, 0.4) is 0 Å². The fraction of sp³-hybridized carbons (Fsp3) is 0.286. The van der Waals surface area contributed by atoms with Crippen molar-refractivity contribution < 1.29 is 9.90 Å². The highest BCUT2D eigenvalue weighted by molar-refractivity contribution is 7.05. The van der Waals surface area contributed by atoms with E-state index < -0.39 is 5.97 Å². The van der Waals surface area contributed by atoms with E-state index in [1.165, 1.54) is 11.5 Å². The van der Waals surface area contributed by atoms with E-state index in [9.17, 15) is 4.79 Å². The topological polar surface area (TPSA) is 62.2 Å². The maximum Gasteiger partial charge on any atom is 0.305 e. The molecule has 0 spiro atoms. The number of carboxylic acid groups (broad SMARTS) is 1. The predicted octanol–water partition coefficient (Wildman–Crippen LogP) is 3.41. The molecule has 106 valence electrons. The molecule has 1 aromatic heterocycles. The van der Waals surface area contributed by atoms with Crippen LogP contribution in [0.4, 0.5) is 0 Å². The Hall–Kier alpha value is -1.43. The number of aryl methyl sites for hydroxylation is 1. The summed E-state index contributed by atoms with van der Waals surface area (Å²) in [6, 6.07) is 8.99. The molecule has 1 atom stereocenters. The number of hydrogen-bond donors (Lipinski definition) is 2. The van der Waals surface area contributed by atoms with Crippen LogP contribution in [-0.4, -0.2) is 15.4 Å². The summed E-state index contributed by atoms with van der Waals surface area (Å²) in [7, 11) is 0. The summed E-state index contributed by atoms with van der Waals surface area (Å²) >= 11 is 7.39. The van der Waals surface area contributed by atoms with E-state index in [-0.39, 0.29) is 12.5 Å². The van der Waals surface area contributed by atoms with Gasteiger partial charge in [-0.1, -0.05) is 23.7 Å². The number of nitrogens with one attached hydrogen (secondary N) is 1. The quantitative estimate of drug-likeness (QED) is 0.858. The Morgan fingerprint density at radius 1 is 1.50 bits per heavy atom. The summed E-state index contributed by atoms with van der Waals surface area (Å²) in [5, 5.41) is 12.9. The average molecular weight is 311 g/mol. The highest BCUT2D eigenvalue weighted by Crippen LogP contribution is 2.21. The van der Waals surface area contributed by atoms with E-state index in [4.69, 9.17) is 16.7 Å². The summed E-state index contributed by atoms with van der Waals surface area (Å²) in [5.41, 5.74) is 1.85. The zero-order valence-corrected chi connectivity index (χ0v) is 12.5. The minimum Gasteiger partial charge on any atom is -0.481 e. The summed E-state index contributed by atoms with van der Waals surface area (Å²) in [5.74, 6) is -0.844. The van der Waals surface area contributed by atoms with Crippen LogP contribution in [0.1, 0.15) is 28.6 Å². The first-order chi connectivity index (χ1) is 9.54. The van der Waals surface area contributed by atoms with E-state index in [2.05, 4.69) is 9.69 Å². The molecule has 0 unspecified atom stereocenters. The van der Waals surface area contributed by atoms with Gasteiger partial charge in [0.1, 0.15) is 0 Å². The monoisotopic (exact) mass is 310 g/mol. The largest absolute Gasteiger partial charge is 0.481 e. The molecule has 0 fully saturated rings. The van der Waals surface area contributed by atoms with Gasteiger partial charge in [-0.15, -0.1) is 0 Å². The number of rotatable bonds is 6. The van der Waals surface area contributed by atoms with Crippen molar-refractivity contribution in [2.45, 2.75) is 25.9 Å². The number of carboxylic acids is 1. The van der Waals surface area contributed by atoms with Crippen molar-refractivity contribution >= 4 is 29.1 Å². The zero-order chi connectivity index (χ0) is 14.5. The molecule has 20 heavy (non-hydrogen) atoms. The van der Waals surface area contributed by atoms with Crippen molar-refractivity contribution in [3.05, 3.63) is 51.5 Å². The first-order valence-corrected chi connectivity index (χ1v) is 7.32. The van der Waals surface area contributed by atoms with Crippen molar-refractivity contribution in [3.8, 4) is 0 Å². The number of aromatic nitrogens is 1. The molecule has 1 heterocycles. The highest BCUT2D eigenvalue weighted by atomic mass is 35.5. The Morgan fingerprint density at radius 2 is 2.30 bits per heavy atom. The van der Waals surface area contributed by atoms with E-state index >= 15 is 0 Å². The Labute approximate surface area is 126 Å². The van der Waals surface area contributed by atoms with Gasteiger partial charge in [-0.05, 0) is 42.2 Å². The summed E-state index contributed by atoms with van der Waals surface area (Å²) in [6.07, 6.45) is 0.0120.